The molecule has 0 atom stereocenters. The van der Waals surface area contributed by atoms with Crippen LogP contribution in [0.25, 0.3) is 10.9 Å². The standard InChI is InChI=1S/C14H11BrN4O/c15-11-2-1-5-17-13(11)19-14(20)10-7-18-12-4-3-8(16)6-9(10)12/h1-7,18H,16H2,(H,17,19,20). The van der Waals surface area contributed by atoms with E-state index in [1.165, 1.54) is 0 Å². The first-order valence-corrected chi connectivity index (χ1v) is 6.73. The number of aromatic amines is 1. The molecule has 5 nitrogen and oxygen atoms in total. The summed E-state index contributed by atoms with van der Waals surface area (Å²) >= 11 is 3.34. The molecule has 0 aliphatic heterocycles. The lowest BCUT2D eigenvalue weighted by atomic mass is 10.1. The number of amides is 1. The van der Waals surface area contributed by atoms with E-state index in [4.69, 9.17) is 5.73 Å². The molecular formula is C14H11BrN4O. The van der Waals surface area contributed by atoms with Crippen LogP contribution in [0.4, 0.5) is 11.5 Å². The first-order valence-electron chi connectivity index (χ1n) is 5.93. The molecule has 0 spiro atoms. The Bertz CT molecular complexity index is 797. The van der Waals surface area contributed by atoms with Crippen molar-refractivity contribution in [2.75, 3.05) is 11.1 Å². The van der Waals surface area contributed by atoms with Gasteiger partial charge in [0.2, 0.25) is 0 Å². The van der Waals surface area contributed by atoms with Crippen molar-refractivity contribution in [3.8, 4) is 0 Å². The predicted molar refractivity (Wildman–Crippen MR) is 82.6 cm³/mol. The van der Waals surface area contributed by atoms with E-state index in [9.17, 15) is 4.79 Å². The number of carbonyl (C=O) groups is 1. The van der Waals surface area contributed by atoms with Crippen LogP contribution in [-0.4, -0.2) is 15.9 Å². The fraction of sp³-hybridized carbons (Fsp3) is 0. The number of nitrogens with one attached hydrogen (secondary N) is 2. The van der Waals surface area contributed by atoms with Gasteiger partial charge in [-0.25, -0.2) is 4.98 Å². The zero-order valence-corrected chi connectivity index (χ0v) is 11.9. The van der Waals surface area contributed by atoms with Crippen molar-refractivity contribution in [1.29, 1.82) is 0 Å². The van der Waals surface area contributed by atoms with Gasteiger partial charge in [0.15, 0.2) is 0 Å². The molecule has 0 saturated heterocycles. The maximum absolute atomic E-state index is 12.3. The Labute approximate surface area is 123 Å². The molecular weight excluding hydrogens is 320 g/mol. The number of nitrogens with zero attached hydrogens (tertiary/aromatic N) is 1. The molecule has 1 amide bonds. The summed E-state index contributed by atoms with van der Waals surface area (Å²) < 4.78 is 0.729. The summed E-state index contributed by atoms with van der Waals surface area (Å²) in [5.41, 5.74) is 7.78. The Morgan fingerprint density at radius 2 is 2.20 bits per heavy atom. The highest BCUT2D eigenvalue weighted by Gasteiger charge is 2.14. The van der Waals surface area contributed by atoms with Crippen LogP contribution in [0, 0.1) is 0 Å². The normalized spacial score (nSPS) is 10.7. The minimum absolute atomic E-state index is 0.235. The van der Waals surface area contributed by atoms with Crippen molar-refractivity contribution in [2.45, 2.75) is 0 Å². The molecule has 1 aromatic carbocycles. The van der Waals surface area contributed by atoms with Crippen molar-refractivity contribution in [3.63, 3.8) is 0 Å². The van der Waals surface area contributed by atoms with Crippen LogP contribution in [0.5, 0.6) is 0 Å². The van der Waals surface area contributed by atoms with Gasteiger partial charge in [0, 0.05) is 29.0 Å². The summed E-state index contributed by atoms with van der Waals surface area (Å²) in [6.45, 7) is 0. The number of rotatable bonds is 2. The van der Waals surface area contributed by atoms with Gasteiger partial charge in [-0.05, 0) is 46.3 Å². The molecule has 0 saturated carbocycles. The highest BCUT2D eigenvalue weighted by Crippen LogP contribution is 2.23. The van der Waals surface area contributed by atoms with Gasteiger partial charge < -0.3 is 16.0 Å². The first kappa shape index (κ1) is 12.7. The molecule has 0 fully saturated rings. The number of nitrogen functional groups attached to an aromatic ring is 1. The second-order valence-corrected chi connectivity index (χ2v) is 5.15. The predicted octanol–water partition coefficient (Wildman–Crippen LogP) is 3.16. The Balaban J connectivity index is 1.97. The highest BCUT2D eigenvalue weighted by molar-refractivity contribution is 9.10. The topological polar surface area (TPSA) is 83.8 Å². The molecule has 0 bridgehead atoms. The molecule has 20 heavy (non-hydrogen) atoms. The number of aromatic nitrogens is 2. The van der Waals surface area contributed by atoms with Crippen molar-refractivity contribution >= 4 is 44.2 Å². The summed E-state index contributed by atoms with van der Waals surface area (Å²) in [6, 6.07) is 9.00. The van der Waals surface area contributed by atoms with Gasteiger partial charge >= 0.3 is 0 Å². The Morgan fingerprint density at radius 1 is 1.35 bits per heavy atom. The Morgan fingerprint density at radius 3 is 3.00 bits per heavy atom. The molecule has 6 heteroatoms. The number of hydrogen-bond donors (Lipinski definition) is 3. The van der Waals surface area contributed by atoms with E-state index in [1.807, 2.05) is 12.1 Å². The smallest absolute Gasteiger partial charge is 0.259 e. The number of nitrogens with two attached hydrogens (primary N) is 1. The van der Waals surface area contributed by atoms with Gasteiger partial charge in [-0.3, -0.25) is 4.79 Å². The quantitative estimate of drug-likeness (QED) is 0.631. The lowest BCUT2D eigenvalue weighted by Gasteiger charge is -2.05. The SMILES string of the molecule is Nc1ccc2[nH]cc(C(=O)Nc3ncccc3Br)c2c1. The summed E-state index contributed by atoms with van der Waals surface area (Å²) in [5, 5.41) is 3.55. The minimum Gasteiger partial charge on any atom is -0.399 e. The lowest BCUT2D eigenvalue weighted by Crippen LogP contribution is -2.12. The van der Waals surface area contributed by atoms with E-state index in [0.717, 1.165) is 15.4 Å². The van der Waals surface area contributed by atoms with Crippen LogP contribution in [0.1, 0.15) is 10.4 Å². The van der Waals surface area contributed by atoms with Gasteiger partial charge in [-0.15, -0.1) is 0 Å². The number of anilines is 2. The van der Waals surface area contributed by atoms with Gasteiger partial charge in [0.25, 0.3) is 5.91 Å². The van der Waals surface area contributed by atoms with E-state index < -0.39 is 0 Å². The number of H-pyrrole nitrogens is 1. The number of carbonyl (C=O) groups excluding carboxylic acids is 1. The largest absolute Gasteiger partial charge is 0.399 e. The molecule has 3 rings (SSSR count). The van der Waals surface area contributed by atoms with Crippen molar-refractivity contribution in [2.24, 2.45) is 0 Å². The molecule has 0 aliphatic rings. The molecule has 0 aliphatic carbocycles. The third-order valence-electron chi connectivity index (χ3n) is 2.94. The maximum Gasteiger partial charge on any atom is 0.259 e. The van der Waals surface area contributed by atoms with E-state index >= 15 is 0 Å². The van der Waals surface area contributed by atoms with Crippen LogP contribution >= 0.6 is 15.9 Å². The second-order valence-electron chi connectivity index (χ2n) is 4.30. The number of halogens is 1. The molecule has 100 valence electrons. The number of benzene rings is 1. The monoisotopic (exact) mass is 330 g/mol. The van der Waals surface area contributed by atoms with E-state index in [2.05, 4.69) is 31.2 Å². The average Bonchev–Trinajstić information content (AvgIpc) is 2.84. The Hall–Kier alpha value is -2.34. The second kappa shape index (κ2) is 4.97. The highest BCUT2D eigenvalue weighted by atomic mass is 79.9. The van der Waals surface area contributed by atoms with Crippen LogP contribution in [0.15, 0.2) is 47.2 Å². The molecule has 0 unspecified atom stereocenters. The molecule has 2 aromatic heterocycles. The zero-order valence-electron chi connectivity index (χ0n) is 10.4. The fourth-order valence-corrected chi connectivity index (χ4v) is 2.33. The molecule has 0 radical (unpaired) electrons. The molecule has 2 heterocycles. The summed E-state index contributed by atoms with van der Waals surface area (Å²) in [6.07, 6.45) is 3.28. The minimum atomic E-state index is -0.235. The van der Waals surface area contributed by atoms with Crippen molar-refractivity contribution in [1.82, 2.24) is 9.97 Å². The van der Waals surface area contributed by atoms with Gasteiger partial charge in [0.1, 0.15) is 5.82 Å². The average molecular weight is 331 g/mol. The van der Waals surface area contributed by atoms with Crippen LogP contribution in [-0.2, 0) is 0 Å². The number of fused-ring (bicyclic) bond motifs is 1. The molecule has 3 aromatic rings. The van der Waals surface area contributed by atoms with E-state index in [-0.39, 0.29) is 5.91 Å². The first-order chi connectivity index (χ1) is 9.65. The fourth-order valence-electron chi connectivity index (χ4n) is 1.98. The Kier molecular flexibility index (Phi) is 3.15. The third kappa shape index (κ3) is 2.25. The summed E-state index contributed by atoms with van der Waals surface area (Å²) in [5.74, 6) is 0.247. The van der Waals surface area contributed by atoms with E-state index in [0.29, 0.717) is 17.1 Å². The molecule has 4 N–H and O–H groups in total. The zero-order chi connectivity index (χ0) is 14.1. The number of pyridine rings is 1. The number of hydrogen-bond acceptors (Lipinski definition) is 3. The van der Waals surface area contributed by atoms with E-state index in [1.54, 1.807) is 30.6 Å². The maximum atomic E-state index is 12.3. The van der Waals surface area contributed by atoms with Gasteiger partial charge in [-0.2, -0.15) is 0 Å². The third-order valence-corrected chi connectivity index (χ3v) is 3.58. The van der Waals surface area contributed by atoms with Gasteiger partial charge in [-0.1, -0.05) is 0 Å². The van der Waals surface area contributed by atoms with Crippen LogP contribution in [0.2, 0.25) is 0 Å². The van der Waals surface area contributed by atoms with Crippen molar-refractivity contribution < 1.29 is 4.79 Å². The lowest BCUT2D eigenvalue weighted by molar-refractivity contribution is 0.102. The summed E-state index contributed by atoms with van der Waals surface area (Å²) in [7, 11) is 0. The van der Waals surface area contributed by atoms with Crippen LogP contribution < -0.4 is 11.1 Å². The summed E-state index contributed by atoms with van der Waals surface area (Å²) in [4.78, 5) is 19.5. The van der Waals surface area contributed by atoms with Gasteiger partial charge in [0.05, 0.1) is 10.0 Å². The van der Waals surface area contributed by atoms with Crippen molar-refractivity contribution in [3.05, 3.63) is 52.8 Å². The van der Waals surface area contributed by atoms with Crippen LogP contribution in [0.3, 0.4) is 0 Å².